The summed E-state index contributed by atoms with van der Waals surface area (Å²) in [5, 5.41) is 19.3. The van der Waals surface area contributed by atoms with Crippen LogP contribution >= 0.6 is 0 Å². The zero-order chi connectivity index (χ0) is 17.3. The minimum Gasteiger partial charge on any atom is -0.507 e. The topological polar surface area (TPSA) is 74.6 Å². The number of hydrogen-bond donors (Lipinski definition) is 2. The second kappa shape index (κ2) is 6.41. The van der Waals surface area contributed by atoms with E-state index in [0.717, 1.165) is 11.1 Å². The van der Waals surface area contributed by atoms with Gasteiger partial charge in [0.2, 0.25) is 0 Å². The van der Waals surface area contributed by atoms with Gasteiger partial charge in [0.05, 0.1) is 17.2 Å². The van der Waals surface area contributed by atoms with Crippen molar-refractivity contribution in [3.8, 4) is 5.75 Å². The number of carboxylic acids is 1. The van der Waals surface area contributed by atoms with Crippen LogP contribution < -0.4 is 0 Å². The summed E-state index contributed by atoms with van der Waals surface area (Å²) in [6.45, 7) is 11.9. The summed E-state index contributed by atoms with van der Waals surface area (Å²) >= 11 is 0. The molecule has 1 aromatic carbocycles. The van der Waals surface area contributed by atoms with Crippen LogP contribution in [0.1, 0.15) is 59.1 Å². The monoisotopic (exact) mass is 326 g/mol. The summed E-state index contributed by atoms with van der Waals surface area (Å²) in [4.78, 5) is 11.2. The molecule has 4 nitrogen and oxygen atoms in total. The molecular formula is C17H26O4S. The van der Waals surface area contributed by atoms with Gasteiger partial charge in [-0.2, -0.15) is 0 Å². The molecule has 0 spiro atoms. The van der Waals surface area contributed by atoms with Crippen LogP contribution in [0.15, 0.2) is 17.0 Å². The number of phenolic OH excluding ortho intramolecular Hbond substituents is 1. The van der Waals surface area contributed by atoms with Crippen molar-refractivity contribution in [2.75, 3.05) is 5.75 Å². The van der Waals surface area contributed by atoms with E-state index in [9.17, 15) is 14.1 Å². The second-order valence-corrected chi connectivity index (χ2v) is 9.13. The van der Waals surface area contributed by atoms with Gasteiger partial charge in [-0.25, -0.2) is 0 Å². The molecule has 1 aromatic rings. The van der Waals surface area contributed by atoms with Crippen molar-refractivity contribution in [3.63, 3.8) is 0 Å². The molecule has 1 rings (SSSR count). The molecule has 0 heterocycles. The second-order valence-electron chi connectivity index (χ2n) is 7.56. The van der Waals surface area contributed by atoms with Crippen molar-refractivity contribution < 1.29 is 19.2 Å². The van der Waals surface area contributed by atoms with Crippen LogP contribution in [0.3, 0.4) is 0 Å². The van der Waals surface area contributed by atoms with Gasteiger partial charge in [-0.05, 0) is 23.0 Å². The predicted molar refractivity (Wildman–Crippen MR) is 89.0 cm³/mol. The summed E-state index contributed by atoms with van der Waals surface area (Å²) in [6, 6.07) is 3.48. The Morgan fingerprint density at radius 1 is 1.05 bits per heavy atom. The maximum Gasteiger partial charge on any atom is 0.304 e. The maximum absolute atomic E-state index is 12.4. The molecule has 0 aliphatic carbocycles. The molecule has 1 unspecified atom stereocenters. The number of phenols is 1. The van der Waals surface area contributed by atoms with Crippen molar-refractivity contribution in [1.82, 2.24) is 0 Å². The largest absolute Gasteiger partial charge is 0.507 e. The fraction of sp³-hybridized carbons (Fsp3) is 0.588. The number of aromatic hydroxyl groups is 1. The molecule has 124 valence electrons. The van der Waals surface area contributed by atoms with Crippen LogP contribution in [0.5, 0.6) is 5.75 Å². The Hall–Kier alpha value is -1.36. The van der Waals surface area contributed by atoms with Gasteiger partial charge in [0, 0.05) is 21.8 Å². The molecule has 0 aliphatic rings. The van der Waals surface area contributed by atoms with Gasteiger partial charge in [0.1, 0.15) is 5.75 Å². The number of hydrogen-bond acceptors (Lipinski definition) is 3. The highest BCUT2D eigenvalue weighted by molar-refractivity contribution is 7.85. The fourth-order valence-electron chi connectivity index (χ4n) is 2.18. The van der Waals surface area contributed by atoms with E-state index in [1.165, 1.54) is 0 Å². The Kier molecular flexibility index (Phi) is 5.44. The maximum atomic E-state index is 12.4. The fourth-order valence-corrected chi connectivity index (χ4v) is 3.28. The molecule has 5 heteroatoms. The van der Waals surface area contributed by atoms with Crippen LogP contribution in [0, 0.1) is 0 Å². The van der Waals surface area contributed by atoms with E-state index in [0.29, 0.717) is 4.90 Å². The quantitative estimate of drug-likeness (QED) is 0.887. The van der Waals surface area contributed by atoms with Crippen molar-refractivity contribution in [2.24, 2.45) is 0 Å². The zero-order valence-corrected chi connectivity index (χ0v) is 15.0. The Bertz CT molecular complexity index is 557. The first-order valence-corrected chi connectivity index (χ1v) is 8.64. The lowest BCUT2D eigenvalue weighted by Gasteiger charge is -2.28. The van der Waals surface area contributed by atoms with Gasteiger partial charge in [-0.1, -0.05) is 41.5 Å². The molecule has 0 aliphatic heterocycles. The SMILES string of the molecule is CC(C)(C)c1cc(S(=O)CCC(=O)O)cc(C(C)(C)C)c1O. The Balaban J connectivity index is 3.41. The Labute approximate surface area is 135 Å². The molecule has 0 saturated carbocycles. The Morgan fingerprint density at radius 3 is 1.77 bits per heavy atom. The van der Waals surface area contributed by atoms with Gasteiger partial charge in [-0.3, -0.25) is 9.00 Å². The van der Waals surface area contributed by atoms with Crippen LogP contribution in [0.2, 0.25) is 0 Å². The van der Waals surface area contributed by atoms with E-state index < -0.39 is 16.8 Å². The summed E-state index contributed by atoms with van der Waals surface area (Å²) in [5.74, 6) is -0.647. The van der Waals surface area contributed by atoms with E-state index >= 15 is 0 Å². The zero-order valence-electron chi connectivity index (χ0n) is 14.2. The minimum atomic E-state index is -1.39. The molecule has 0 radical (unpaired) electrons. The highest BCUT2D eigenvalue weighted by Gasteiger charge is 2.27. The normalized spacial score (nSPS) is 13.9. The van der Waals surface area contributed by atoms with E-state index in [2.05, 4.69) is 0 Å². The molecule has 0 aromatic heterocycles. The number of benzene rings is 1. The summed E-state index contributed by atoms with van der Waals surface area (Å²) < 4.78 is 12.4. The van der Waals surface area contributed by atoms with E-state index in [1.807, 2.05) is 41.5 Å². The van der Waals surface area contributed by atoms with Crippen LogP contribution in [0.25, 0.3) is 0 Å². The van der Waals surface area contributed by atoms with Gasteiger partial charge in [0.25, 0.3) is 0 Å². The van der Waals surface area contributed by atoms with E-state index in [4.69, 9.17) is 5.11 Å². The molecule has 1 atom stereocenters. The predicted octanol–water partition coefficient (Wildman–Crippen LogP) is 3.57. The first-order chi connectivity index (χ1) is 9.84. The van der Waals surface area contributed by atoms with Crippen molar-refractivity contribution in [1.29, 1.82) is 0 Å². The lowest BCUT2D eigenvalue weighted by atomic mass is 9.79. The average Bonchev–Trinajstić information content (AvgIpc) is 2.33. The van der Waals surface area contributed by atoms with E-state index in [-0.39, 0.29) is 28.8 Å². The summed E-state index contributed by atoms with van der Waals surface area (Å²) in [5.41, 5.74) is 0.881. The first-order valence-electron chi connectivity index (χ1n) is 7.32. The molecule has 22 heavy (non-hydrogen) atoms. The van der Waals surface area contributed by atoms with Crippen molar-refractivity contribution >= 4 is 16.8 Å². The molecule has 0 fully saturated rings. The number of rotatable bonds is 4. The van der Waals surface area contributed by atoms with E-state index in [1.54, 1.807) is 12.1 Å². The molecule has 0 amide bonds. The third kappa shape index (κ3) is 4.57. The highest BCUT2D eigenvalue weighted by atomic mass is 32.2. The van der Waals surface area contributed by atoms with Crippen molar-refractivity contribution in [2.45, 2.75) is 63.7 Å². The van der Waals surface area contributed by atoms with Crippen LogP contribution in [0.4, 0.5) is 0 Å². The molecule has 0 saturated heterocycles. The highest BCUT2D eigenvalue weighted by Crippen LogP contribution is 2.40. The lowest BCUT2D eigenvalue weighted by molar-refractivity contribution is -0.136. The summed E-state index contributed by atoms with van der Waals surface area (Å²) in [6.07, 6.45) is -0.136. The number of carbonyl (C=O) groups is 1. The third-order valence-electron chi connectivity index (χ3n) is 3.46. The first kappa shape index (κ1) is 18.7. The minimum absolute atomic E-state index is 0.0767. The number of carboxylic acid groups (broad SMARTS) is 1. The average molecular weight is 326 g/mol. The molecule has 0 bridgehead atoms. The lowest BCUT2D eigenvalue weighted by Crippen LogP contribution is -2.18. The van der Waals surface area contributed by atoms with Gasteiger partial charge in [0.15, 0.2) is 0 Å². The smallest absolute Gasteiger partial charge is 0.304 e. The van der Waals surface area contributed by atoms with Gasteiger partial charge >= 0.3 is 5.97 Å². The number of aliphatic carboxylic acids is 1. The van der Waals surface area contributed by atoms with Gasteiger partial charge < -0.3 is 10.2 Å². The third-order valence-corrected chi connectivity index (χ3v) is 4.80. The van der Waals surface area contributed by atoms with Crippen LogP contribution in [-0.2, 0) is 26.4 Å². The van der Waals surface area contributed by atoms with Crippen molar-refractivity contribution in [3.05, 3.63) is 23.3 Å². The van der Waals surface area contributed by atoms with Gasteiger partial charge in [-0.15, -0.1) is 0 Å². The molecule has 2 N–H and O–H groups in total. The van der Waals surface area contributed by atoms with Crippen LogP contribution in [-0.4, -0.2) is 26.1 Å². The standard InChI is InChI=1S/C17H26O4S/c1-16(2,3)12-9-11(22(21)8-7-14(18)19)10-13(15(12)20)17(4,5)6/h9-10,20H,7-8H2,1-6H3,(H,18,19). The Morgan fingerprint density at radius 2 is 1.45 bits per heavy atom. The molecular weight excluding hydrogens is 300 g/mol. The summed E-state index contributed by atoms with van der Waals surface area (Å²) in [7, 11) is -1.39.